The maximum Gasteiger partial charge on any atom is 0.0902 e. The summed E-state index contributed by atoms with van der Waals surface area (Å²) < 4.78 is 2.71. The standard InChI is InChI=1S/C28H16N4S4/c1-2-12-5-11(1)23-24(12)30-16-8-20-19(7-15(16)29-23)33-27(34-20)28-35-21-9-17-18(10-22(21)36-28)32-26-14-4-3-13(6-14)25(26)31-17/h1-4,7-14H,5-6H2. The number of thioether (sulfide) groups is 4. The van der Waals surface area contributed by atoms with Crippen molar-refractivity contribution in [3.8, 4) is 0 Å². The van der Waals surface area contributed by atoms with E-state index in [4.69, 9.17) is 19.9 Å². The molecule has 10 rings (SSSR count). The van der Waals surface area contributed by atoms with Gasteiger partial charge < -0.3 is 0 Å². The Labute approximate surface area is 223 Å². The Balaban J connectivity index is 1.01. The van der Waals surface area contributed by atoms with Gasteiger partial charge in [-0.2, -0.15) is 0 Å². The lowest BCUT2D eigenvalue weighted by molar-refractivity contribution is 0.791. The fourth-order valence-corrected chi connectivity index (χ4v) is 11.8. The second-order valence-corrected chi connectivity index (χ2v) is 14.9. The van der Waals surface area contributed by atoms with Gasteiger partial charge in [0, 0.05) is 43.3 Å². The molecule has 36 heavy (non-hydrogen) atoms. The summed E-state index contributed by atoms with van der Waals surface area (Å²) in [5.41, 5.74) is 8.92. The second kappa shape index (κ2) is 6.78. The summed E-state index contributed by atoms with van der Waals surface area (Å²) in [6.45, 7) is 0. The molecule has 2 aromatic carbocycles. The Hall–Kier alpha value is -2.26. The summed E-state index contributed by atoms with van der Waals surface area (Å²) in [4.78, 5) is 25.4. The topological polar surface area (TPSA) is 51.6 Å². The third-order valence-electron chi connectivity index (χ3n) is 8.12. The van der Waals surface area contributed by atoms with E-state index in [1.54, 1.807) is 0 Å². The van der Waals surface area contributed by atoms with E-state index in [1.807, 2.05) is 47.0 Å². The molecule has 0 N–H and O–H groups in total. The number of fused-ring (bicyclic) bond motifs is 14. The third kappa shape index (κ3) is 2.58. The highest BCUT2D eigenvalue weighted by molar-refractivity contribution is 8.30. The smallest absolute Gasteiger partial charge is 0.0902 e. The third-order valence-corrected chi connectivity index (χ3v) is 13.7. The summed E-state index contributed by atoms with van der Waals surface area (Å²) >= 11 is 7.51. The van der Waals surface area contributed by atoms with Crippen LogP contribution in [0.4, 0.5) is 0 Å². The second-order valence-electron chi connectivity index (χ2n) is 10.2. The molecule has 6 aliphatic rings. The Morgan fingerprint density at radius 3 is 1.00 bits per heavy atom. The van der Waals surface area contributed by atoms with E-state index < -0.39 is 0 Å². The SMILES string of the molecule is C1=CC2CC1c1nc3cc4c(cc3nc12)SC(=C1Sc2cc3nc5c(nc3cc2S1)C1C=CC5C1)S4. The summed E-state index contributed by atoms with van der Waals surface area (Å²) in [6, 6.07) is 9.01. The van der Waals surface area contributed by atoms with Crippen molar-refractivity contribution in [2.75, 3.05) is 0 Å². The van der Waals surface area contributed by atoms with Gasteiger partial charge in [0.15, 0.2) is 0 Å². The molecule has 4 aromatic rings. The molecule has 0 saturated heterocycles. The van der Waals surface area contributed by atoms with Gasteiger partial charge in [-0.25, -0.2) is 19.9 Å². The molecule has 172 valence electrons. The van der Waals surface area contributed by atoms with Crippen molar-refractivity contribution in [1.29, 1.82) is 0 Å². The van der Waals surface area contributed by atoms with Crippen molar-refractivity contribution in [2.45, 2.75) is 56.1 Å². The lowest BCUT2D eigenvalue weighted by atomic mass is 10.1. The van der Waals surface area contributed by atoms with E-state index in [9.17, 15) is 0 Å². The molecule has 0 saturated carbocycles. The maximum absolute atomic E-state index is 5.06. The first kappa shape index (κ1) is 19.8. The zero-order chi connectivity index (χ0) is 23.1. The first-order chi connectivity index (χ1) is 17.7. The molecule has 2 aromatic heterocycles. The van der Waals surface area contributed by atoms with Crippen LogP contribution in [0.1, 0.15) is 59.3 Å². The molecule has 4 nitrogen and oxygen atoms in total. The number of hydrogen-bond acceptors (Lipinski definition) is 8. The molecule has 4 aliphatic carbocycles. The van der Waals surface area contributed by atoms with Gasteiger partial charge in [0.25, 0.3) is 0 Å². The van der Waals surface area contributed by atoms with Crippen molar-refractivity contribution in [2.24, 2.45) is 0 Å². The highest BCUT2D eigenvalue weighted by atomic mass is 32.2. The predicted molar refractivity (Wildman–Crippen MR) is 148 cm³/mol. The molecule has 4 unspecified atom stereocenters. The van der Waals surface area contributed by atoms with Crippen LogP contribution < -0.4 is 0 Å². The summed E-state index contributed by atoms with van der Waals surface area (Å²) in [5.74, 6) is 1.86. The van der Waals surface area contributed by atoms with E-state index in [-0.39, 0.29) is 0 Å². The molecule has 0 radical (unpaired) electrons. The van der Waals surface area contributed by atoms with Crippen molar-refractivity contribution in [3.63, 3.8) is 0 Å². The summed E-state index contributed by atoms with van der Waals surface area (Å²) in [6.07, 6.45) is 11.5. The minimum absolute atomic E-state index is 0.465. The molecule has 0 amide bonds. The molecule has 4 heterocycles. The zero-order valence-electron chi connectivity index (χ0n) is 18.8. The van der Waals surface area contributed by atoms with Crippen LogP contribution in [-0.2, 0) is 0 Å². The molecule has 2 aliphatic heterocycles. The van der Waals surface area contributed by atoms with Crippen molar-refractivity contribution < 1.29 is 0 Å². The Kier molecular flexibility index (Phi) is 3.73. The van der Waals surface area contributed by atoms with Crippen LogP contribution in [0.25, 0.3) is 22.1 Å². The number of hydrogen-bond donors (Lipinski definition) is 0. The predicted octanol–water partition coefficient (Wildman–Crippen LogP) is 8.08. The fraction of sp³-hybridized carbons (Fsp3) is 0.214. The largest absolute Gasteiger partial charge is 0.249 e. The van der Waals surface area contributed by atoms with E-state index in [0.29, 0.717) is 23.7 Å². The number of benzene rings is 2. The van der Waals surface area contributed by atoms with Crippen LogP contribution in [0.5, 0.6) is 0 Å². The molecule has 8 heteroatoms. The zero-order valence-corrected chi connectivity index (χ0v) is 22.0. The molecular formula is C28H16N4S4. The average molecular weight is 537 g/mol. The van der Waals surface area contributed by atoms with Crippen LogP contribution in [0.2, 0.25) is 0 Å². The van der Waals surface area contributed by atoms with E-state index in [2.05, 4.69) is 48.6 Å². The minimum Gasteiger partial charge on any atom is -0.249 e. The van der Waals surface area contributed by atoms with Gasteiger partial charge in [-0.05, 0) is 37.1 Å². The lowest BCUT2D eigenvalue weighted by Gasteiger charge is -2.10. The van der Waals surface area contributed by atoms with E-state index in [0.717, 1.165) is 34.9 Å². The lowest BCUT2D eigenvalue weighted by Crippen LogP contribution is -2.01. The van der Waals surface area contributed by atoms with Crippen molar-refractivity contribution >= 4 is 69.1 Å². The van der Waals surface area contributed by atoms with Gasteiger partial charge in [0.2, 0.25) is 0 Å². The fourth-order valence-electron chi connectivity index (χ4n) is 6.41. The monoisotopic (exact) mass is 536 g/mol. The Morgan fingerprint density at radius 2 is 0.722 bits per heavy atom. The summed E-state index contributed by atoms with van der Waals surface area (Å²) in [5, 5.41) is 0. The average Bonchev–Trinajstić information content (AvgIpc) is 3.73. The normalized spacial score (nSPS) is 27.6. The first-order valence-corrected chi connectivity index (χ1v) is 15.5. The van der Waals surface area contributed by atoms with Gasteiger partial charge in [0.1, 0.15) is 0 Å². The number of rotatable bonds is 0. The van der Waals surface area contributed by atoms with Gasteiger partial charge in [-0.1, -0.05) is 71.4 Å². The van der Waals surface area contributed by atoms with Crippen LogP contribution in [-0.4, -0.2) is 19.9 Å². The van der Waals surface area contributed by atoms with Crippen molar-refractivity contribution in [3.05, 3.63) is 79.8 Å². The van der Waals surface area contributed by atoms with Gasteiger partial charge in [-0.3, -0.25) is 0 Å². The molecule has 0 fully saturated rings. The Morgan fingerprint density at radius 1 is 0.444 bits per heavy atom. The number of allylic oxidation sites excluding steroid dienone is 4. The summed E-state index contributed by atoms with van der Waals surface area (Å²) in [7, 11) is 0. The molecule has 4 bridgehead atoms. The van der Waals surface area contributed by atoms with Crippen LogP contribution in [0, 0.1) is 0 Å². The number of aromatic nitrogens is 4. The van der Waals surface area contributed by atoms with E-state index in [1.165, 1.54) is 50.8 Å². The van der Waals surface area contributed by atoms with E-state index >= 15 is 0 Å². The minimum atomic E-state index is 0.465. The maximum atomic E-state index is 5.06. The van der Waals surface area contributed by atoms with Crippen LogP contribution >= 0.6 is 47.0 Å². The quantitative estimate of drug-likeness (QED) is 0.209. The highest BCUT2D eigenvalue weighted by Crippen LogP contribution is 2.62. The van der Waals surface area contributed by atoms with Crippen molar-refractivity contribution in [1.82, 2.24) is 19.9 Å². The highest BCUT2D eigenvalue weighted by Gasteiger charge is 2.37. The first-order valence-electron chi connectivity index (χ1n) is 12.3. The Bertz CT molecular complexity index is 1580. The van der Waals surface area contributed by atoms with Gasteiger partial charge in [0.05, 0.1) is 53.3 Å². The van der Waals surface area contributed by atoms with Crippen LogP contribution in [0.15, 0.2) is 76.6 Å². The molecule has 0 spiro atoms. The van der Waals surface area contributed by atoms with Gasteiger partial charge in [-0.15, -0.1) is 0 Å². The number of nitrogens with zero attached hydrogens (tertiary/aromatic N) is 4. The molecule has 4 atom stereocenters. The molecular weight excluding hydrogens is 521 g/mol. The van der Waals surface area contributed by atoms with Crippen LogP contribution in [0.3, 0.4) is 0 Å². The van der Waals surface area contributed by atoms with Gasteiger partial charge >= 0.3 is 0 Å².